The number of carbonyl (C=O) groups excluding carboxylic acids is 1. The summed E-state index contributed by atoms with van der Waals surface area (Å²) in [6.07, 6.45) is 10.8. The van der Waals surface area contributed by atoms with Gasteiger partial charge in [0.05, 0.1) is 0 Å². The fourth-order valence-electron chi connectivity index (χ4n) is 2.18. The van der Waals surface area contributed by atoms with Crippen molar-refractivity contribution >= 4 is 11.8 Å². The van der Waals surface area contributed by atoms with E-state index < -0.39 is 5.97 Å². The summed E-state index contributed by atoms with van der Waals surface area (Å²) in [5.74, 6) is -0.325. The molecule has 0 radical (unpaired) electrons. The Hall–Kier alpha value is -0.900. The summed E-state index contributed by atoms with van der Waals surface area (Å²) < 4.78 is 4.96. The molecule has 0 amide bonds. The number of methoxy groups -OCH3 is 1. The molecule has 0 spiro atoms. The third kappa shape index (κ3) is 15.2. The molecule has 0 rings (SSSR count). The summed E-state index contributed by atoms with van der Waals surface area (Å²) in [5, 5.41) is 8.49. The van der Waals surface area contributed by atoms with Crippen LogP contribution in [0.15, 0.2) is 0 Å². The molecule has 20 heavy (non-hydrogen) atoms. The van der Waals surface area contributed by atoms with Crippen molar-refractivity contribution in [2.75, 3.05) is 13.7 Å². The Morgan fingerprint density at radius 2 is 1.20 bits per heavy atom. The van der Waals surface area contributed by atoms with E-state index in [1.807, 2.05) is 0 Å². The van der Waals surface area contributed by atoms with Gasteiger partial charge in [-0.3, -0.25) is 9.59 Å². The molecule has 0 saturated heterocycles. The van der Waals surface area contributed by atoms with Gasteiger partial charge >= 0.3 is 5.97 Å². The number of carboxylic acid groups (broad SMARTS) is 1. The molecule has 0 aliphatic heterocycles. The maximum Gasteiger partial charge on any atom is 0.303 e. The number of hydrogen-bond donors (Lipinski definition) is 1. The van der Waals surface area contributed by atoms with E-state index in [4.69, 9.17) is 9.84 Å². The van der Waals surface area contributed by atoms with Gasteiger partial charge in [0.25, 0.3) is 0 Å². The average Bonchev–Trinajstić information content (AvgIpc) is 2.41. The summed E-state index contributed by atoms with van der Waals surface area (Å²) in [4.78, 5) is 21.9. The Bertz CT molecular complexity index is 251. The fourth-order valence-corrected chi connectivity index (χ4v) is 2.18. The van der Waals surface area contributed by atoms with Gasteiger partial charge in [-0.1, -0.05) is 32.1 Å². The normalized spacial score (nSPS) is 10.7. The van der Waals surface area contributed by atoms with Crippen LogP contribution in [0.3, 0.4) is 0 Å². The lowest BCUT2D eigenvalue weighted by molar-refractivity contribution is -0.137. The molecule has 0 aromatic rings. The number of hydrogen-bond acceptors (Lipinski definition) is 3. The Kier molecular flexibility index (Phi) is 13.9. The van der Waals surface area contributed by atoms with Crippen molar-refractivity contribution < 1.29 is 19.4 Å². The molecular formula is C16H30O4. The van der Waals surface area contributed by atoms with Crippen molar-refractivity contribution in [1.29, 1.82) is 0 Å². The van der Waals surface area contributed by atoms with Crippen LogP contribution in [0.4, 0.5) is 0 Å². The number of aliphatic carboxylic acids is 1. The molecule has 0 unspecified atom stereocenters. The van der Waals surface area contributed by atoms with Crippen molar-refractivity contribution in [3.05, 3.63) is 0 Å². The van der Waals surface area contributed by atoms with Crippen LogP contribution in [-0.2, 0) is 14.3 Å². The highest BCUT2D eigenvalue weighted by atomic mass is 16.5. The van der Waals surface area contributed by atoms with Crippen LogP contribution in [0.25, 0.3) is 0 Å². The van der Waals surface area contributed by atoms with E-state index in [1.54, 1.807) is 7.11 Å². The molecule has 0 saturated carbocycles. The molecule has 1 N–H and O–H groups in total. The van der Waals surface area contributed by atoms with Gasteiger partial charge in [0.2, 0.25) is 0 Å². The lowest BCUT2D eigenvalue weighted by Crippen LogP contribution is -1.98. The first kappa shape index (κ1) is 19.1. The molecular weight excluding hydrogens is 256 g/mol. The summed E-state index contributed by atoms with van der Waals surface area (Å²) in [7, 11) is 1.70. The molecule has 0 fully saturated rings. The molecule has 4 heteroatoms. The number of ether oxygens (including phenoxy) is 1. The Morgan fingerprint density at radius 1 is 0.750 bits per heavy atom. The number of Topliss-reactive ketones (excluding diaryl/α,β-unsaturated/α-hetero) is 1. The summed E-state index contributed by atoms with van der Waals surface area (Å²) >= 11 is 0. The van der Waals surface area contributed by atoms with Crippen molar-refractivity contribution in [1.82, 2.24) is 0 Å². The molecule has 0 aliphatic rings. The fraction of sp³-hybridized carbons (Fsp3) is 0.875. The van der Waals surface area contributed by atoms with Crippen molar-refractivity contribution in [2.45, 2.75) is 77.0 Å². The van der Waals surface area contributed by atoms with Gasteiger partial charge in [0, 0.05) is 33.0 Å². The molecule has 4 nitrogen and oxygen atoms in total. The number of carbonyl (C=O) groups is 2. The van der Waals surface area contributed by atoms with Gasteiger partial charge in [-0.05, 0) is 25.7 Å². The third-order valence-corrected chi connectivity index (χ3v) is 3.40. The molecule has 118 valence electrons. The zero-order chi connectivity index (χ0) is 15.1. The third-order valence-electron chi connectivity index (χ3n) is 3.40. The first-order chi connectivity index (χ1) is 9.66. The number of ketones is 1. The lowest BCUT2D eigenvalue weighted by Gasteiger charge is -2.02. The lowest BCUT2D eigenvalue weighted by atomic mass is 10.0. The van der Waals surface area contributed by atoms with Crippen molar-refractivity contribution in [3.63, 3.8) is 0 Å². The maximum absolute atomic E-state index is 11.6. The SMILES string of the molecule is COCCCCCC(=O)CCCCCCCCC(=O)O. The van der Waals surface area contributed by atoms with E-state index in [0.717, 1.165) is 64.4 Å². The number of unbranched alkanes of at least 4 members (excludes halogenated alkanes) is 7. The largest absolute Gasteiger partial charge is 0.481 e. The maximum atomic E-state index is 11.6. The van der Waals surface area contributed by atoms with E-state index in [1.165, 1.54) is 0 Å². The van der Waals surface area contributed by atoms with Gasteiger partial charge in [-0.15, -0.1) is 0 Å². The summed E-state index contributed by atoms with van der Waals surface area (Å²) in [6.45, 7) is 0.788. The minimum Gasteiger partial charge on any atom is -0.481 e. The minimum absolute atomic E-state index is 0.279. The van der Waals surface area contributed by atoms with Crippen LogP contribution in [-0.4, -0.2) is 30.6 Å². The highest BCUT2D eigenvalue weighted by Gasteiger charge is 2.02. The first-order valence-electron chi connectivity index (χ1n) is 7.89. The monoisotopic (exact) mass is 286 g/mol. The van der Waals surface area contributed by atoms with Crippen LogP contribution in [0.2, 0.25) is 0 Å². The molecule has 0 aromatic heterocycles. The van der Waals surface area contributed by atoms with E-state index >= 15 is 0 Å². The zero-order valence-electron chi connectivity index (χ0n) is 12.9. The van der Waals surface area contributed by atoms with E-state index in [2.05, 4.69) is 0 Å². The van der Waals surface area contributed by atoms with Crippen LogP contribution in [0.5, 0.6) is 0 Å². The quantitative estimate of drug-likeness (QED) is 0.463. The minimum atomic E-state index is -0.707. The molecule has 0 bridgehead atoms. The highest BCUT2D eigenvalue weighted by molar-refractivity contribution is 5.78. The predicted molar refractivity (Wildman–Crippen MR) is 79.9 cm³/mol. The molecule has 0 aliphatic carbocycles. The Balaban J connectivity index is 3.17. The van der Waals surface area contributed by atoms with E-state index in [-0.39, 0.29) is 6.42 Å². The Labute approximate surface area is 122 Å². The summed E-state index contributed by atoms with van der Waals surface area (Å²) in [6, 6.07) is 0. The number of rotatable bonds is 15. The van der Waals surface area contributed by atoms with Crippen molar-refractivity contribution in [3.8, 4) is 0 Å². The van der Waals surface area contributed by atoms with E-state index in [0.29, 0.717) is 18.6 Å². The van der Waals surface area contributed by atoms with Gasteiger partial charge in [0.1, 0.15) is 5.78 Å². The molecule has 0 heterocycles. The predicted octanol–water partition coefficient (Wildman–Crippen LogP) is 3.97. The van der Waals surface area contributed by atoms with Gasteiger partial charge in [-0.2, -0.15) is 0 Å². The Morgan fingerprint density at radius 3 is 1.70 bits per heavy atom. The van der Waals surface area contributed by atoms with Crippen LogP contribution < -0.4 is 0 Å². The second-order valence-electron chi connectivity index (χ2n) is 5.36. The van der Waals surface area contributed by atoms with Gasteiger partial charge in [0.15, 0.2) is 0 Å². The standard InChI is InChI=1S/C16H30O4/c1-20-14-10-6-8-12-15(17)11-7-4-2-3-5-9-13-16(18)19/h2-14H2,1H3,(H,18,19). The van der Waals surface area contributed by atoms with E-state index in [9.17, 15) is 9.59 Å². The zero-order valence-corrected chi connectivity index (χ0v) is 12.9. The molecule has 0 aromatic carbocycles. The highest BCUT2D eigenvalue weighted by Crippen LogP contribution is 2.10. The smallest absolute Gasteiger partial charge is 0.303 e. The van der Waals surface area contributed by atoms with Crippen LogP contribution >= 0.6 is 0 Å². The second-order valence-corrected chi connectivity index (χ2v) is 5.36. The first-order valence-corrected chi connectivity index (χ1v) is 7.89. The van der Waals surface area contributed by atoms with Crippen LogP contribution in [0, 0.1) is 0 Å². The summed E-state index contributed by atoms with van der Waals surface area (Å²) in [5.41, 5.74) is 0. The molecule has 0 atom stereocenters. The van der Waals surface area contributed by atoms with Gasteiger partial charge < -0.3 is 9.84 Å². The second kappa shape index (κ2) is 14.5. The average molecular weight is 286 g/mol. The van der Waals surface area contributed by atoms with Crippen molar-refractivity contribution in [2.24, 2.45) is 0 Å². The van der Waals surface area contributed by atoms with Gasteiger partial charge in [-0.25, -0.2) is 0 Å². The van der Waals surface area contributed by atoms with Crippen LogP contribution in [0.1, 0.15) is 77.0 Å². The topological polar surface area (TPSA) is 63.6 Å². The number of carboxylic acids is 1.